The number of rotatable bonds is 5. The lowest BCUT2D eigenvalue weighted by atomic mass is 10.2. The first kappa shape index (κ1) is 17.4. The standard InChI is InChI=1S/C21H14FN3O3/c22-15-10-12-16(13-11-15)27-18-9-5-4-8-17(18)19(26)23-21-25-24-20(28-21)14-6-2-1-3-7-14/h1-13H,(H,23,25,26). The Balaban J connectivity index is 1.53. The molecule has 1 aromatic heterocycles. The van der Waals surface area contributed by atoms with Crippen LogP contribution < -0.4 is 10.1 Å². The van der Waals surface area contributed by atoms with Crippen LogP contribution in [0.1, 0.15) is 10.4 Å². The highest BCUT2D eigenvalue weighted by Gasteiger charge is 2.16. The summed E-state index contributed by atoms with van der Waals surface area (Å²) >= 11 is 0. The predicted octanol–water partition coefficient (Wildman–Crippen LogP) is 4.92. The van der Waals surface area contributed by atoms with Crippen molar-refractivity contribution >= 4 is 11.9 Å². The van der Waals surface area contributed by atoms with Gasteiger partial charge in [-0.05, 0) is 48.5 Å². The van der Waals surface area contributed by atoms with Crippen molar-refractivity contribution in [2.24, 2.45) is 0 Å². The van der Waals surface area contributed by atoms with E-state index in [1.54, 1.807) is 24.3 Å². The number of nitrogens with one attached hydrogen (secondary N) is 1. The molecule has 1 N–H and O–H groups in total. The summed E-state index contributed by atoms with van der Waals surface area (Å²) in [6, 6.07) is 21.4. The van der Waals surface area contributed by atoms with E-state index >= 15 is 0 Å². The third-order valence-electron chi connectivity index (χ3n) is 3.84. The van der Waals surface area contributed by atoms with Crippen molar-refractivity contribution in [2.45, 2.75) is 0 Å². The summed E-state index contributed by atoms with van der Waals surface area (Å²) in [7, 11) is 0. The Hall–Kier alpha value is -4.00. The van der Waals surface area contributed by atoms with Gasteiger partial charge in [0.05, 0.1) is 5.56 Å². The average molecular weight is 375 g/mol. The number of hydrogen-bond donors (Lipinski definition) is 1. The summed E-state index contributed by atoms with van der Waals surface area (Å²) in [6.07, 6.45) is 0. The highest BCUT2D eigenvalue weighted by atomic mass is 19.1. The molecule has 0 aliphatic heterocycles. The molecule has 7 heteroatoms. The van der Waals surface area contributed by atoms with Crippen LogP contribution in [0.5, 0.6) is 11.5 Å². The smallest absolute Gasteiger partial charge is 0.322 e. The Kier molecular flexibility index (Phi) is 4.79. The number of carbonyl (C=O) groups is 1. The van der Waals surface area contributed by atoms with E-state index in [1.165, 1.54) is 24.3 Å². The van der Waals surface area contributed by atoms with Crippen LogP contribution in [-0.4, -0.2) is 16.1 Å². The largest absolute Gasteiger partial charge is 0.457 e. The van der Waals surface area contributed by atoms with Crippen molar-refractivity contribution in [1.29, 1.82) is 0 Å². The third kappa shape index (κ3) is 3.88. The Labute approximate surface area is 159 Å². The second-order valence-corrected chi connectivity index (χ2v) is 5.78. The molecular formula is C21H14FN3O3. The van der Waals surface area contributed by atoms with E-state index in [0.717, 1.165) is 5.56 Å². The molecule has 0 saturated heterocycles. The van der Waals surface area contributed by atoms with E-state index < -0.39 is 5.91 Å². The molecule has 3 aromatic carbocycles. The zero-order chi connectivity index (χ0) is 19.3. The number of benzene rings is 3. The van der Waals surface area contributed by atoms with E-state index in [1.807, 2.05) is 30.3 Å². The van der Waals surface area contributed by atoms with E-state index in [2.05, 4.69) is 15.5 Å². The second-order valence-electron chi connectivity index (χ2n) is 5.78. The summed E-state index contributed by atoms with van der Waals surface area (Å²) in [5.74, 6) is 0.178. The Morgan fingerprint density at radius 2 is 1.61 bits per heavy atom. The molecule has 6 nitrogen and oxygen atoms in total. The molecule has 0 atom stereocenters. The molecule has 0 radical (unpaired) electrons. The Morgan fingerprint density at radius 3 is 2.39 bits per heavy atom. The molecule has 0 saturated carbocycles. The van der Waals surface area contributed by atoms with Crippen LogP contribution in [-0.2, 0) is 0 Å². The normalized spacial score (nSPS) is 10.5. The molecule has 0 aliphatic rings. The van der Waals surface area contributed by atoms with Crippen LogP contribution in [0.15, 0.2) is 83.3 Å². The topological polar surface area (TPSA) is 77.3 Å². The number of nitrogens with zero attached hydrogens (tertiary/aromatic N) is 2. The minimum absolute atomic E-state index is 0.0274. The SMILES string of the molecule is O=C(Nc1nnc(-c2ccccc2)o1)c1ccccc1Oc1ccc(F)cc1. The van der Waals surface area contributed by atoms with Crippen LogP contribution in [0.4, 0.5) is 10.4 Å². The molecule has 1 amide bonds. The Bertz CT molecular complexity index is 1100. The molecule has 4 rings (SSSR count). The number of amides is 1. The minimum Gasteiger partial charge on any atom is -0.457 e. The number of anilines is 1. The lowest BCUT2D eigenvalue weighted by molar-refractivity contribution is 0.102. The summed E-state index contributed by atoms with van der Waals surface area (Å²) < 4.78 is 24.3. The first-order valence-corrected chi connectivity index (χ1v) is 8.42. The van der Waals surface area contributed by atoms with Gasteiger partial charge in [0, 0.05) is 5.56 Å². The third-order valence-corrected chi connectivity index (χ3v) is 3.84. The number of aromatic nitrogens is 2. The van der Waals surface area contributed by atoms with E-state index in [9.17, 15) is 9.18 Å². The molecule has 1 heterocycles. The van der Waals surface area contributed by atoms with Crippen molar-refractivity contribution < 1.29 is 18.3 Å². The fourth-order valence-electron chi connectivity index (χ4n) is 2.51. The van der Waals surface area contributed by atoms with E-state index in [4.69, 9.17) is 9.15 Å². The number of hydrogen-bond acceptors (Lipinski definition) is 5. The summed E-state index contributed by atoms with van der Waals surface area (Å²) in [6.45, 7) is 0. The van der Waals surface area contributed by atoms with Crippen molar-refractivity contribution in [1.82, 2.24) is 10.2 Å². The van der Waals surface area contributed by atoms with Gasteiger partial charge in [-0.1, -0.05) is 35.4 Å². The maximum atomic E-state index is 13.1. The van der Waals surface area contributed by atoms with Gasteiger partial charge in [-0.15, -0.1) is 5.10 Å². The summed E-state index contributed by atoms with van der Waals surface area (Å²) in [4.78, 5) is 12.6. The van der Waals surface area contributed by atoms with Crippen LogP contribution in [0.3, 0.4) is 0 Å². The average Bonchev–Trinajstić information content (AvgIpc) is 3.19. The number of para-hydroxylation sites is 1. The molecule has 28 heavy (non-hydrogen) atoms. The van der Waals surface area contributed by atoms with Gasteiger partial charge in [0.15, 0.2) is 0 Å². The van der Waals surface area contributed by atoms with Crippen molar-refractivity contribution in [2.75, 3.05) is 5.32 Å². The highest BCUT2D eigenvalue weighted by molar-refractivity contribution is 6.05. The zero-order valence-electron chi connectivity index (χ0n) is 14.5. The first-order chi connectivity index (χ1) is 13.7. The lowest BCUT2D eigenvalue weighted by Crippen LogP contribution is -2.13. The molecule has 0 spiro atoms. The van der Waals surface area contributed by atoms with Crippen LogP contribution in [0.2, 0.25) is 0 Å². The van der Waals surface area contributed by atoms with Gasteiger partial charge in [-0.25, -0.2) is 4.39 Å². The van der Waals surface area contributed by atoms with Crippen molar-refractivity contribution in [3.63, 3.8) is 0 Å². The minimum atomic E-state index is -0.471. The second kappa shape index (κ2) is 7.71. The lowest BCUT2D eigenvalue weighted by Gasteiger charge is -2.10. The molecule has 4 aromatic rings. The highest BCUT2D eigenvalue weighted by Crippen LogP contribution is 2.26. The van der Waals surface area contributed by atoms with Crippen molar-refractivity contribution in [3.05, 3.63) is 90.2 Å². The van der Waals surface area contributed by atoms with Gasteiger partial charge in [-0.3, -0.25) is 10.1 Å². The number of ether oxygens (including phenoxy) is 1. The molecule has 0 fully saturated rings. The number of carbonyl (C=O) groups excluding carboxylic acids is 1. The molecule has 138 valence electrons. The quantitative estimate of drug-likeness (QED) is 0.536. The molecule has 0 aliphatic carbocycles. The maximum absolute atomic E-state index is 13.1. The van der Waals surface area contributed by atoms with Gasteiger partial charge in [0.2, 0.25) is 5.89 Å². The number of halogens is 1. The molecule has 0 unspecified atom stereocenters. The van der Waals surface area contributed by atoms with Gasteiger partial charge in [0.1, 0.15) is 17.3 Å². The monoisotopic (exact) mass is 375 g/mol. The van der Waals surface area contributed by atoms with Gasteiger partial charge >= 0.3 is 6.01 Å². The first-order valence-electron chi connectivity index (χ1n) is 8.42. The summed E-state index contributed by atoms with van der Waals surface area (Å²) in [5.41, 5.74) is 1.02. The van der Waals surface area contributed by atoms with Crippen molar-refractivity contribution in [3.8, 4) is 23.0 Å². The van der Waals surface area contributed by atoms with Crippen LogP contribution >= 0.6 is 0 Å². The zero-order valence-corrected chi connectivity index (χ0v) is 14.5. The van der Waals surface area contributed by atoms with Gasteiger partial charge in [0.25, 0.3) is 5.91 Å². The maximum Gasteiger partial charge on any atom is 0.322 e. The van der Waals surface area contributed by atoms with E-state index in [0.29, 0.717) is 17.4 Å². The van der Waals surface area contributed by atoms with Crippen LogP contribution in [0, 0.1) is 5.82 Å². The fourth-order valence-corrected chi connectivity index (χ4v) is 2.51. The van der Waals surface area contributed by atoms with Crippen LogP contribution in [0.25, 0.3) is 11.5 Å². The predicted molar refractivity (Wildman–Crippen MR) is 101 cm³/mol. The molecular weight excluding hydrogens is 361 g/mol. The van der Waals surface area contributed by atoms with E-state index in [-0.39, 0.29) is 17.4 Å². The molecule has 0 bridgehead atoms. The Morgan fingerprint density at radius 1 is 0.893 bits per heavy atom. The van der Waals surface area contributed by atoms with Gasteiger partial charge < -0.3 is 9.15 Å². The van der Waals surface area contributed by atoms with Gasteiger partial charge in [-0.2, -0.15) is 0 Å². The summed E-state index contributed by atoms with van der Waals surface area (Å²) in [5, 5.41) is 10.3. The fraction of sp³-hybridized carbons (Fsp3) is 0.